The Labute approximate surface area is 134 Å². The van der Waals surface area contributed by atoms with Gasteiger partial charge in [0.25, 0.3) is 0 Å². The first-order valence-electron chi connectivity index (χ1n) is 6.93. The Balaban J connectivity index is 1.79. The van der Waals surface area contributed by atoms with E-state index in [4.69, 9.17) is 17.3 Å². The zero-order chi connectivity index (χ0) is 16.2. The van der Waals surface area contributed by atoms with Crippen molar-refractivity contribution in [1.82, 2.24) is 24.6 Å². The van der Waals surface area contributed by atoms with Crippen molar-refractivity contribution in [2.75, 3.05) is 5.73 Å². The highest BCUT2D eigenvalue weighted by Crippen LogP contribution is 2.52. The number of alkyl halides is 2. The Bertz CT molecular complexity index is 888. The third kappa shape index (κ3) is 2.13. The maximum Gasteiger partial charge on any atom is 0.249 e. The van der Waals surface area contributed by atoms with Crippen LogP contribution >= 0.6 is 11.6 Å². The highest BCUT2D eigenvalue weighted by atomic mass is 35.5. The van der Waals surface area contributed by atoms with E-state index < -0.39 is 11.8 Å². The van der Waals surface area contributed by atoms with Crippen molar-refractivity contribution >= 4 is 23.1 Å². The first-order valence-corrected chi connectivity index (χ1v) is 7.31. The van der Waals surface area contributed by atoms with Crippen molar-refractivity contribution in [3.63, 3.8) is 0 Å². The molecule has 0 spiro atoms. The average molecular weight is 337 g/mol. The molecule has 9 heteroatoms. The summed E-state index contributed by atoms with van der Waals surface area (Å²) in [5.74, 6) is 0.507. The van der Waals surface area contributed by atoms with Gasteiger partial charge in [-0.15, -0.1) is 5.10 Å². The van der Waals surface area contributed by atoms with Crippen LogP contribution < -0.4 is 5.73 Å². The molecular formula is C14H11ClF2N6. The Morgan fingerprint density at radius 1 is 1.22 bits per heavy atom. The zero-order valence-corrected chi connectivity index (χ0v) is 12.5. The van der Waals surface area contributed by atoms with Crippen molar-refractivity contribution < 1.29 is 8.78 Å². The van der Waals surface area contributed by atoms with E-state index in [0.717, 1.165) is 0 Å². The molecule has 0 amide bonds. The zero-order valence-electron chi connectivity index (χ0n) is 11.7. The second-order valence-electron chi connectivity index (χ2n) is 5.53. The standard InChI is InChI=1S/C14H11ClF2N6/c15-10-8-6-20-13(18)22-23(8)11(21-10)7-1-2-9(19-5-7)14(3-4-14)12(16)17/h1-2,5-6,12H,3-4H2,(H2,18,22). The third-order valence-corrected chi connectivity index (χ3v) is 4.38. The van der Waals surface area contributed by atoms with Gasteiger partial charge in [0, 0.05) is 11.8 Å². The summed E-state index contributed by atoms with van der Waals surface area (Å²) in [6.45, 7) is 0. The molecule has 6 nitrogen and oxygen atoms in total. The Morgan fingerprint density at radius 2 is 2.00 bits per heavy atom. The first kappa shape index (κ1) is 14.3. The maximum absolute atomic E-state index is 13.1. The minimum atomic E-state index is -2.41. The van der Waals surface area contributed by atoms with Crippen LogP contribution in [-0.2, 0) is 5.41 Å². The van der Waals surface area contributed by atoms with Gasteiger partial charge in [-0.3, -0.25) is 4.98 Å². The lowest BCUT2D eigenvalue weighted by molar-refractivity contribution is 0.0998. The number of nitrogens with zero attached hydrogens (tertiary/aromatic N) is 5. The number of nitrogens with two attached hydrogens (primary N) is 1. The second-order valence-corrected chi connectivity index (χ2v) is 5.89. The summed E-state index contributed by atoms with van der Waals surface area (Å²) in [5, 5.41) is 4.30. The molecule has 118 valence electrons. The number of nitrogen functional groups attached to an aromatic ring is 1. The summed E-state index contributed by atoms with van der Waals surface area (Å²) in [6.07, 6.45) is 1.48. The molecule has 3 aromatic rings. The largest absolute Gasteiger partial charge is 0.367 e. The van der Waals surface area contributed by atoms with Crippen LogP contribution in [0, 0.1) is 0 Å². The highest BCUT2D eigenvalue weighted by molar-refractivity contribution is 6.32. The van der Waals surface area contributed by atoms with Gasteiger partial charge in [-0.2, -0.15) is 0 Å². The minimum absolute atomic E-state index is 0.0760. The van der Waals surface area contributed by atoms with Crippen molar-refractivity contribution in [3.8, 4) is 11.4 Å². The quantitative estimate of drug-likeness (QED) is 0.795. The van der Waals surface area contributed by atoms with Crippen LogP contribution in [0.2, 0.25) is 5.15 Å². The summed E-state index contributed by atoms with van der Waals surface area (Å²) in [7, 11) is 0. The SMILES string of the molecule is Nc1ncc2c(Cl)nc(-c3ccc(C4(C(F)F)CC4)nc3)n2n1. The molecule has 0 saturated heterocycles. The average Bonchev–Trinajstić information content (AvgIpc) is 3.29. The fraction of sp³-hybridized carbons (Fsp3) is 0.286. The normalized spacial score (nSPS) is 16.2. The summed E-state index contributed by atoms with van der Waals surface area (Å²) in [6, 6.07) is 3.29. The molecule has 4 rings (SSSR count). The molecule has 0 radical (unpaired) electrons. The molecular weight excluding hydrogens is 326 g/mol. The Hall–Kier alpha value is -2.35. The fourth-order valence-electron chi connectivity index (χ4n) is 2.59. The van der Waals surface area contributed by atoms with Gasteiger partial charge in [0.15, 0.2) is 11.0 Å². The molecule has 3 heterocycles. The van der Waals surface area contributed by atoms with E-state index in [9.17, 15) is 8.78 Å². The smallest absolute Gasteiger partial charge is 0.249 e. The van der Waals surface area contributed by atoms with Crippen molar-refractivity contribution in [2.45, 2.75) is 24.7 Å². The Morgan fingerprint density at radius 3 is 2.61 bits per heavy atom. The van der Waals surface area contributed by atoms with E-state index in [-0.39, 0.29) is 11.1 Å². The van der Waals surface area contributed by atoms with Crippen molar-refractivity contribution in [1.29, 1.82) is 0 Å². The number of rotatable bonds is 3. The van der Waals surface area contributed by atoms with Gasteiger partial charge in [0.2, 0.25) is 12.4 Å². The molecule has 0 aliphatic heterocycles. The first-order chi connectivity index (χ1) is 11.0. The van der Waals surface area contributed by atoms with Crippen LogP contribution in [0.3, 0.4) is 0 Å². The molecule has 1 saturated carbocycles. The number of fused-ring (bicyclic) bond motifs is 1. The maximum atomic E-state index is 13.1. The fourth-order valence-corrected chi connectivity index (χ4v) is 2.80. The number of imidazole rings is 1. The molecule has 1 aliphatic rings. The van der Waals surface area contributed by atoms with Gasteiger partial charge in [0.05, 0.1) is 17.3 Å². The lowest BCUT2D eigenvalue weighted by Crippen LogP contribution is -2.18. The summed E-state index contributed by atoms with van der Waals surface area (Å²) in [4.78, 5) is 12.3. The minimum Gasteiger partial charge on any atom is -0.367 e. The van der Waals surface area contributed by atoms with Crippen LogP contribution in [0.1, 0.15) is 18.5 Å². The molecule has 3 aromatic heterocycles. The summed E-state index contributed by atoms with van der Waals surface area (Å²) >= 11 is 6.06. The number of aromatic nitrogens is 5. The number of anilines is 1. The molecule has 0 atom stereocenters. The van der Waals surface area contributed by atoms with E-state index >= 15 is 0 Å². The van der Waals surface area contributed by atoms with Gasteiger partial charge >= 0.3 is 0 Å². The molecule has 1 aliphatic carbocycles. The van der Waals surface area contributed by atoms with Gasteiger partial charge < -0.3 is 5.73 Å². The van der Waals surface area contributed by atoms with Gasteiger partial charge in [-0.25, -0.2) is 23.3 Å². The van der Waals surface area contributed by atoms with Crippen LogP contribution in [0.4, 0.5) is 14.7 Å². The summed E-state index contributed by atoms with van der Waals surface area (Å²) in [5.41, 5.74) is 6.02. The topological polar surface area (TPSA) is 82.0 Å². The van der Waals surface area contributed by atoms with E-state index in [1.165, 1.54) is 16.9 Å². The lowest BCUT2D eigenvalue weighted by Gasteiger charge is -2.13. The van der Waals surface area contributed by atoms with Gasteiger partial charge in [-0.1, -0.05) is 11.6 Å². The number of hydrogen-bond acceptors (Lipinski definition) is 5. The van der Waals surface area contributed by atoms with Crippen LogP contribution in [0.15, 0.2) is 24.5 Å². The van der Waals surface area contributed by atoms with Crippen LogP contribution in [0.5, 0.6) is 0 Å². The molecule has 23 heavy (non-hydrogen) atoms. The molecule has 0 bridgehead atoms. The predicted molar refractivity (Wildman–Crippen MR) is 80.4 cm³/mol. The van der Waals surface area contributed by atoms with Gasteiger partial charge in [0.1, 0.15) is 5.52 Å². The summed E-state index contributed by atoms with van der Waals surface area (Å²) < 4.78 is 27.7. The van der Waals surface area contributed by atoms with E-state index in [1.54, 1.807) is 12.1 Å². The number of pyridine rings is 1. The van der Waals surface area contributed by atoms with Crippen molar-refractivity contribution in [2.24, 2.45) is 0 Å². The number of halogens is 3. The van der Waals surface area contributed by atoms with E-state index in [2.05, 4.69) is 20.1 Å². The van der Waals surface area contributed by atoms with E-state index in [1.807, 2.05) is 0 Å². The third-order valence-electron chi connectivity index (χ3n) is 4.10. The molecule has 1 fully saturated rings. The second kappa shape index (κ2) is 4.82. The van der Waals surface area contributed by atoms with Crippen LogP contribution in [-0.4, -0.2) is 31.0 Å². The monoisotopic (exact) mass is 336 g/mol. The Kier molecular flexibility index (Phi) is 2.99. The van der Waals surface area contributed by atoms with Gasteiger partial charge in [-0.05, 0) is 25.0 Å². The predicted octanol–water partition coefficient (Wildman–Crippen LogP) is 2.72. The molecule has 2 N–H and O–H groups in total. The molecule has 0 unspecified atom stereocenters. The van der Waals surface area contributed by atoms with Crippen molar-refractivity contribution in [3.05, 3.63) is 35.4 Å². The highest BCUT2D eigenvalue weighted by Gasteiger charge is 2.53. The van der Waals surface area contributed by atoms with E-state index in [0.29, 0.717) is 35.4 Å². The lowest BCUT2D eigenvalue weighted by atomic mass is 10.0. The molecule has 0 aromatic carbocycles. The number of hydrogen-bond donors (Lipinski definition) is 1. The van der Waals surface area contributed by atoms with Crippen LogP contribution in [0.25, 0.3) is 16.9 Å².